The number of nitro benzene ring substituents is 1. The molecule has 0 spiro atoms. The summed E-state index contributed by atoms with van der Waals surface area (Å²) in [6.07, 6.45) is 0.627. The minimum Gasteiger partial charge on any atom is -0.466 e. The lowest BCUT2D eigenvalue weighted by Gasteiger charge is -2.10. The van der Waals surface area contributed by atoms with E-state index in [4.69, 9.17) is 10.5 Å². The Morgan fingerprint density at radius 2 is 2.06 bits per heavy atom. The first-order valence-electron chi connectivity index (χ1n) is 5.67. The Morgan fingerprint density at radius 1 is 1.44 bits per heavy atom. The third-order valence-corrected chi connectivity index (χ3v) is 2.38. The molecule has 0 amide bonds. The van der Waals surface area contributed by atoms with Gasteiger partial charge in [0.15, 0.2) is 0 Å². The predicted molar refractivity (Wildman–Crippen MR) is 66.0 cm³/mol. The van der Waals surface area contributed by atoms with Crippen LogP contribution in [0.1, 0.15) is 18.9 Å². The molecule has 6 nitrogen and oxygen atoms in total. The minimum atomic E-state index is -0.456. The topological polar surface area (TPSA) is 95.5 Å². The van der Waals surface area contributed by atoms with Crippen molar-refractivity contribution in [2.75, 3.05) is 6.61 Å². The highest BCUT2D eigenvalue weighted by Gasteiger charge is 2.12. The van der Waals surface area contributed by atoms with Crippen molar-refractivity contribution in [2.24, 2.45) is 5.73 Å². The van der Waals surface area contributed by atoms with Crippen LogP contribution in [0.15, 0.2) is 24.3 Å². The number of nitrogens with zero attached hydrogens (tertiary/aromatic N) is 1. The zero-order valence-electron chi connectivity index (χ0n) is 10.2. The fourth-order valence-electron chi connectivity index (χ4n) is 1.56. The summed E-state index contributed by atoms with van der Waals surface area (Å²) >= 11 is 0. The Labute approximate surface area is 105 Å². The Bertz CT molecular complexity index is 417. The lowest BCUT2D eigenvalue weighted by atomic mass is 10.0. The van der Waals surface area contributed by atoms with E-state index in [1.165, 1.54) is 12.1 Å². The highest BCUT2D eigenvalue weighted by molar-refractivity contribution is 5.70. The first kappa shape index (κ1) is 14.1. The Balaban J connectivity index is 2.51. The average molecular weight is 252 g/mol. The van der Waals surface area contributed by atoms with Gasteiger partial charge in [-0.15, -0.1) is 0 Å². The number of esters is 1. The third-order valence-electron chi connectivity index (χ3n) is 2.38. The molecule has 0 aromatic heterocycles. The second kappa shape index (κ2) is 6.70. The lowest BCUT2D eigenvalue weighted by molar-refractivity contribution is -0.384. The van der Waals surface area contributed by atoms with Gasteiger partial charge in [0.1, 0.15) is 0 Å². The summed E-state index contributed by atoms with van der Waals surface area (Å²) in [7, 11) is 0. The molecule has 18 heavy (non-hydrogen) atoms. The number of hydrogen-bond donors (Lipinski definition) is 1. The SMILES string of the molecule is CCOC(=O)C[C@@H](N)Cc1ccc([N+](=O)[O-])cc1. The van der Waals surface area contributed by atoms with Crippen molar-refractivity contribution in [3.63, 3.8) is 0 Å². The number of carbonyl (C=O) groups excluding carboxylic acids is 1. The van der Waals surface area contributed by atoms with Crippen molar-refractivity contribution in [3.05, 3.63) is 39.9 Å². The monoisotopic (exact) mass is 252 g/mol. The van der Waals surface area contributed by atoms with Crippen LogP contribution in [0.5, 0.6) is 0 Å². The van der Waals surface area contributed by atoms with Gasteiger partial charge in [-0.25, -0.2) is 0 Å². The van der Waals surface area contributed by atoms with Gasteiger partial charge in [-0.1, -0.05) is 12.1 Å². The molecule has 0 aliphatic carbocycles. The van der Waals surface area contributed by atoms with E-state index in [2.05, 4.69) is 0 Å². The molecule has 6 heteroatoms. The molecule has 0 bridgehead atoms. The predicted octanol–water partition coefficient (Wildman–Crippen LogP) is 1.42. The van der Waals surface area contributed by atoms with Crippen molar-refractivity contribution in [1.29, 1.82) is 0 Å². The molecular formula is C12H16N2O4. The maximum atomic E-state index is 11.2. The van der Waals surface area contributed by atoms with Crippen LogP contribution < -0.4 is 5.73 Å². The molecule has 0 saturated heterocycles. The molecule has 2 N–H and O–H groups in total. The van der Waals surface area contributed by atoms with Gasteiger partial charge >= 0.3 is 5.97 Å². The standard InChI is InChI=1S/C12H16N2O4/c1-2-18-12(15)8-10(13)7-9-3-5-11(6-4-9)14(16)17/h3-6,10H,2,7-8,13H2,1H3/t10-/m0/s1. The van der Waals surface area contributed by atoms with Crippen LogP contribution in [-0.4, -0.2) is 23.5 Å². The first-order valence-corrected chi connectivity index (χ1v) is 5.67. The average Bonchev–Trinajstić information content (AvgIpc) is 2.29. The number of ether oxygens (including phenoxy) is 1. The van der Waals surface area contributed by atoms with Crippen LogP contribution in [0.3, 0.4) is 0 Å². The van der Waals surface area contributed by atoms with Gasteiger partial charge in [0.2, 0.25) is 0 Å². The number of non-ortho nitro benzene ring substituents is 1. The highest BCUT2D eigenvalue weighted by Crippen LogP contribution is 2.13. The molecule has 0 fully saturated rings. The Hall–Kier alpha value is -1.95. The van der Waals surface area contributed by atoms with Crippen molar-refractivity contribution in [2.45, 2.75) is 25.8 Å². The van der Waals surface area contributed by atoms with E-state index in [-0.39, 0.29) is 24.1 Å². The second-order valence-corrected chi connectivity index (χ2v) is 3.90. The van der Waals surface area contributed by atoms with E-state index in [9.17, 15) is 14.9 Å². The van der Waals surface area contributed by atoms with Gasteiger partial charge in [0, 0.05) is 18.2 Å². The van der Waals surface area contributed by atoms with E-state index < -0.39 is 4.92 Å². The summed E-state index contributed by atoms with van der Waals surface area (Å²) in [5.74, 6) is -0.327. The lowest BCUT2D eigenvalue weighted by Crippen LogP contribution is -2.27. The number of benzene rings is 1. The molecule has 0 aliphatic heterocycles. The molecule has 0 radical (unpaired) electrons. The highest BCUT2D eigenvalue weighted by atomic mass is 16.6. The molecule has 0 heterocycles. The van der Waals surface area contributed by atoms with Gasteiger partial charge in [0.05, 0.1) is 18.0 Å². The third kappa shape index (κ3) is 4.50. The van der Waals surface area contributed by atoms with Crippen molar-refractivity contribution < 1.29 is 14.5 Å². The fraction of sp³-hybridized carbons (Fsp3) is 0.417. The molecule has 1 aromatic carbocycles. The number of nitrogens with two attached hydrogens (primary N) is 1. The summed E-state index contributed by atoms with van der Waals surface area (Å²) in [6.45, 7) is 2.07. The molecule has 0 unspecified atom stereocenters. The minimum absolute atomic E-state index is 0.0396. The van der Waals surface area contributed by atoms with E-state index in [0.717, 1.165) is 5.56 Å². The number of nitro groups is 1. The Kier molecular flexibility index (Phi) is 5.26. The van der Waals surface area contributed by atoms with Crippen molar-refractivity contribution >= 4 is 11.7 Å². The summed E-state index contributed by atoms with van der Waals surface area (Å²) in [6, 6.07) is 5.79. The van der Waals surface area contributed by atoms with Crippen LogP contribution in [0, 0.1) is 10.1 Å². The fourth-order valence-corrected chi connectivity index (χ4v) is 1.56. The molecule has 1 atom stereocenters. The first-order chi connectivity index (χ1) is 8.52. The maximum absolute atomic E-state index is 11.2. The van der Waals surface area contributed by atoms with Crippen molar-refractivity contribution in [3.8, 4) is 0 Å². The summed E-state index contributed by atoms with van der Waals surface area (Å²) in [5, 5.41) is 10.5. The van der Waals surface area contributed by atoms with E-state index in [0.29, 0.717) is 13.0 Å². The van der Waals surface area contributed by atoms with Gasteiger partial charge in [-0.05, 0) is 18.9 Å². The maximum Gasteiger partial charge on any atom is 0.307 e. The van der Waals surface area contributed by atoms with Gasteiger partial charge < -0.3 is 10.5 Å². The zero-order valence-corrected chi connectivity index (χ0v) is 10.2. The van der Waals surface area contributed by atoms with Crippen LogP contribution in [0.4, 0.5) is 5.69 Å². The molecule has 0 saturated carbocycles. The largest absolute Gasteiger partial charge is 0.466 e. The number of hydrogen-bond acceptors (Lipinski definition) is 5. The smallest absolute Gasteiger partial charge is 0.307 e. The normalized spacial score (nSPS) is 11.9. The van der Waals surface area contributed by atoms with Crippen LogP contribution >= 0.6 is 0 Å². The molecule has 98 valence electrons. The van der Waals surface area contributed by atoms with Gasteiger partial charge in [0.25, 0.3) is 5.69 Å². The molecule has 1 rings (SSSR count). The quantitative estimate of drug-likeness (QED) is 0.469. The molecule has 0 aliphatic rings. The molecular weight excluding hydrogens is 236 g/mol. The van der Waals surface area contributed by atoms with Crippen molar-refractivity contribution in [1.82, 2.24) is 0 Å². The number of carbonyl (C=O) groups is 1. The van der Waals surface area contributed by atoms with E-state index in [1.54, 1.807) is 19.1 Å². The van der Waals surface area contributed by atoms with Crippen LogP contribution in [-0.2, 0) is 16.0 Å². The summed E-state index contributed by atoms with van der Waals surface area (Å²) in [4.78, 5) is 21.2. The number of rotatable bonds is 6. The summed E-state index contributed by atoms with van der Waals surface area (Å²) < 4.78 is 4.79. The van der Waals surface area contributed by atoms with E-state index >= 15 is 0 Å². The molecule has 1 aromatic rings. The van der Waals surface area contributed by atoms with Crippen LogP contribution in [0.2, 0.25) is 0 Å². The Morgan fingerprint density at radius 3 is 2.56 bits per heavy atom. The van der Waals surface area contributed by atoms with Crippen LogP contribution in [0.25, 0.3) is 0 Å². The van der Waals surface area contributed by atoms with Gasteiger partial charge in [-0.2, -0.15) is 0 Å². The summed E-state index contributed by atoms with van der Waals surface area (Å²) in [5.41, 5.74) is 6.70. The zero-order chi connectivity index (χ0) is 13.5. The van der Waals surface area contributed by atoms with Gasteiger partial charge in [-0.3, -0.25) is 14.9 Å². The second-order valence-electron chi connectivity index (χ2n) is 3.90. The van der Waals surface area contributed by atoms with E-state index in [1.807, 2.05) is 0 Å².